The molecule has 84 valence electrons. The van der Waals surface area contributed by atoms with Gasteiger partial charge in [-0.25, -0.2) is 9.97 Å². The topological polar surface area (TPSA) is 58.0 Å². The van der Waals surface area contributed by atoms with E-state index in [0.717, 1.165) is 23.8 Å². The molecule has 1 unspecified atom stereocenters. The van der Waals surface area contributed by atoms with Crippen LogP contribution in [-0.4, -0.2) is 34.5 Å². The van der Waals surface area contributed by atoms with Crippen LogP contribution in [0.5, 0.6) is 0 Å². The second kappa shape index (κ2) is 6.63. The lowest BCUT2D eigenvalue weighted by Gasteiger charge is -2.11. The molecular weight excluding hydrogens is 210 g/mol. The van der Waals surface area contributed by atoms with Gasteiger partial charge in [0.15, 0.2) is 0 Å². The molecule has 0 saturated heterocycles. The lowest BCUT2D eigenvalue weighted by Crippen LogP contribution is -2.13. The molecule has 1 heterocycles. The Morgan fingerprint density at radius 3 is 3.00 bits per heavy atom. The molecule has 1 aromatic heterocycles. The van der Waals surface area contributed by atoms with Gasteiger partial charge in [-0.1, -0.05) is 6.92 Å². The van der Waals surface area contributed by atoms with Crippen molar-refractivity contribution in [2.75, 3.05) is 24.7 Å². The Morgan fingerprint density at radius 2 is 2.33 bits per heavy atom. The molecule has 0 radical (unpaired) electrons. The summed E-state index contributed by atoms with van der Waals surface area (Å²) in [5.41, 5.74) is 0. The largest absolute Gasteiger partial charge is 0.396 e. The quantitative estimate of drug-likeness (QED) is 0.571. The summed E-state index contributed by atoms with van der Waals surface area (Å²) in [5.74, 6) is 1.29. The minimum Gasteiger partial charge on any atom is -0.396 e. The number of nitrogens with zero attached hydrogens (tertiary/aromatic N) is 2. The third-order valence-corrected chi connectivity index (χ3v) is 2.75. The zero-order valence-corrected chi connectivity index (χ0v) is 9.92. The molecule has 0 aliphatic carbocycles. The molecule has 0 aromatic carbocycles. The van der Waals surface area contributed by atoms with Crippen LogP contribution in [0, 0.1) is 5.92 Å². The van der Waals surface area contributed by atoms with Crippen LogP contribution < -0.4 is 5.32 Å². The van der Waals surface area contributed by atoms with Gasteiger partial charge in [0.25, 0.3) is 0 Å². The van der Waals surface area contributed by atoms with Crippen molar-refractivity contribution >= 4 is 17.6 Å². The predicted molar refractivity (Wildman–Crippen MR) is 63.2 cm³/mol. The van der Waals surface area contributed by atoms with E-state index in [1.807, 2.05) is 12.3 Å². The zero-order chi connectivity index (χ0) is 11.1. The summed E-state index contributed by atoms with van der Waals surface area (Å²) in [6, 6.07) is 1.93. The highest BCUT2D eigenvalue weighted by Gasteiger charge is 2.02. The first-order chi connectivity index (χ1) is 7.26. The molecule has 0 fully saturated rings. The van der Waals surface area contributed by atoms with Crippen LogP contribution in [-0.2, 0) is 0 Å². The van der Waals surface area contributed by atoms with Gasteiger partial charge in [0.1, 0.15) is 17.2 Å². The van der Waals surface area contributed by atoms with E-state index in [0.29, 0.717) is 5.92 Å². The van der Waals surface area contributed by atoms with Crippen molar-refractivity contribution in [3.05, 3.63) is 12.4 Å². The number of anilines is 1. The van der Waals surface area contributed by atoms with Crippen LogP contribution in [0.25, 0.3) is 0 Å². The number of nitrogens with one attached hydrogen (secondary N) is 1. The van der Waals surface area contributed by atoms with Crippen LogP contribution in [0.15, 0.2) is 17.4 Å². The minimum atomic E-state index is 0.239. The van der Waals surface area contributed by atoms with Gasteiger partial charge < -0.3 is 10.4 Å². The fourth-order valence-electron chi connectivity index (χ4n) is 1.15. The molecule has 2 N–H and O–H groups in total. The summed E-state index contributed by atoms with van der Waals surface area (Å²) in [6.45, 7) is 3.16. The molecule has 0 saturated carbocycles. The summed E-state index contributed by atoms with van der Waals surface area (Å²) in [4.78, 5) is 8.21. The highest BCUT2D eigenvalue weighted by Crippen LogP contribution is 2.14. The maximum Gasteiger partial charge on any atom is 0.130 e. The molecule has 1 rings (SSSR count). The fourth-order valence-corrected chi connectivity index (χ4v) is 1.53. The van der Waals surface area contributed by atoms with Gasteiger partial charge in [-0.2, -0.15) is 0 Å². The van der Waals surface area contributed by atoms with Crippen LogP contribution in [0.4, 0.5) is 5.82 Å². The Morgan fingerprint density at radius 1 is 1.53 bits per heavy atom. The molecule has 15 heavy (non-hydrogen) atoms. The highest BCUT2D eigenvalue weighted by molar-refractivity contribution is 7.98. The molecule has 0 amide bonds. The van der Waals surface area contributed by atoms with E-state index in [2.05, 4.69) is 22.2 Å². The van der Waals surface area contributed by atoms with Crippen LogP contribution in [0.2, 0.25) is 0 Å². The van der Waals surface area contributed by atoms with Crippen molar-refractivity contribution in [3.63, 3.8) is 0 Å². The second-order valence-corrected chi connectivity index (χ2v) is 4.27. The molecule has 0 aliphatic heterocycles. The van der Waals surface area contributed by atoms with Crippen molar-refractivity contribution in [2.45, 2.75) is 18.4 Å². The first-order valence-electron chi connectivity index (χ1n) is 4.97. The summed E-state index contributed by atoms with van der Waals surface area (Å²) in [7, 11) is 0. The molecule has 0 bridgehead atoms. The van der Waals surface area contributed by atoms with Gasteiger partial charge in [-0.3, -0.25) is 0 Å². The van der Waals surface area contributed by atoms with Gasteiger partial charge in [-0.15, -0.1) is 11.8 Å². The summed E-state index contributed by atoms with van der Waals surface area (Å²) < 4.78 is 0. The molecule has 0 spiro atoms. The first kappa shape index (κ1) is 12.3. The highest BCUT2D eigenvalue weighted by atomic mass is 32.2. The lowest BCUT2D eigenvalue weighted by molar-refractivity contribution is 0.266. The molecule has 4 nitrogen and oxygen atoms in total. The van der Waals surface area contributed by atoms with Crippen LogP contribution in [0.3, 0.4) is 0 Å². The zero-order valence-electron chi connectivity index (χ0n) is 9.10. The van der Waals surface area contributed by atoms with Crippen molar-refractivity contribution in [1.82, 2.24) is 9.97 Å². The second-order valence-electron chi connectivity index (χ2n) is 3.44. The van der Waals surface area contributed by atoms with Crippen molar-refractivity contribution in [3.8, 4) is 0 Å². The van der Waals surface area contributed by atoms with Gasteiger partial charge in [0, 0.05) is 19.2 Å². The van der Waals surface area contributed by atoms with Crippen molar-refractivity contribution in [2.24, 2.45) is 5.92 Å². The Kier molecular flexibility index (Phi) is 5.42. The Labute approximate surface area is 94.5 Å². The predicted octanol–water partition coefficient (Wildman–Crippen LogP) is 1.63. The van der Waals surface area contributed by atoms with E-state index in [1.165, 1.54) is 0 Å². The third kappa shape index (κ3) is 4.48. The SMILES string of the molecule is CSc1cc(NCC(C)CCO)ncn1. The van der Waals surface area contributed by atoms with E-state index < -0.39 is 0 Å². The van der Waals surface area contributed by atoms with Gasteiger partial charge in [0.2, 0.25) is 0 Å². The number of rotatable bonds is 6. The molecule has 5 heteroatoms. The number of aliphatic hydroxyl groups is 1. The van der Waals surface area contributed by atoms with Crippen molar-refractivity contribution in [1.29, 1.82) is 0 Å². The molecular formula is C10H17N3OS. The summed E-state index contributed by atoms with van der Waals surface area (Å²) in [6.07, 6.45) is 4.36. The van der Waals surface area contributed by atoms with E-state index in [-0.39, 0.29) is 6.61 Å². The van der Waals surface area contributed by atoms with Crippen LogP contribution >= 0.6 is 11.8 Å². The fraction of sp³-hybridized carbons (Fsp3) is 0.600. The van der Waals surface area contributed by atoms with Gasteiger partial charge in [0.05, 0.1) is 0 Å². The van der Waals surface area contributed by atoms with Gasteiger partial charge >= 0.3 is 0 Å². The number of aliphatic hydroxyl groups excluding tert-OH is 1. The smallest absolute Gasteiger partial charge is 0.130 e. The Bertz CT molecular complexity index is 296. The summed E-state index contributed by atoms with van der Waals surface area (Å²) in [5, 5.41) is 12.9. The average Bonchev–Trinajstić information content (AvgIpc) is 2.27. The van der Waals surface area contributed by atoms with E-state index in [9.17, 15) is 0 Å². The summed E-state index contributed by atoms with van der Waals surface area (Å²) >= 11 is 1.60. The Balaban J connectivity index is 2.43. The van der Waals surface area contributed by atoms with E-state index in [1.54, 1.807) is 18.1 Å². The standard InChI is InChI=1S/C10H17N3OS/c1-8(3-4-14)6-11-9-5-10(15-2)13-7-12-9/h5,7-8,14H,3-4,6H2,1-2H3,(H,11,12,13). The monoisotopic (exact) mass is 227 g/mol. The van der Waals surface area contributed by atoms with E-state index in [4.69, 9.17) is 5.11 Å². The molecule has 1 aromatic rings. The maximum atomic E-state index is 8.76. The molecule has 1 atom stereocenters. The number of hydrogen-bond acceptors (Lipinski definition) is 5. The Hall–Kier alpha value is -0.810. The normalized spacial score (nSPS) is 12.5. The first-order valence-corrected chi connectivity index (χ1v) is 6.19. The van der Waals surface area contributed by atoms with Gasteiger partial charge in [-0.05, 0) is 18.6 Å². The van der Waals surface area contributed by atoms with Crippen LogP contribution in [0.1, 0.15) is 13.3 Å². The molecule has 0 aliphatic rings. The third-order valence-electron chi connectivity index (χ3n) is 2.10. The number of aromatic nitrogens is 2. The minimum absolute atomic E-state index is 0.239. The maximum absolute atomic E-state index is 8.76. The number of thioether (sulfide) groups is 1. The van der Waals surface area contributed by atoms with E-state index >= 15 is 0 Å². The average molecular weight is 227 g/mol. The van der Waals surface area contributed by atoms with Crippen molar-refractivity contribution < 1.29 is 5.11 Å². The number of hydrogen-bond donors (Lipinski definition) is 2. The lowest BCUT2D eigenvalue weighted by atomic mass is 10.1.